The van der Waals surface area contributed by atoms with Crippen LogP contribution in [0.25, 0.3) is 0 Å². The third kappa shape index (κ3) is 4.81. The highest BCUT2D eigenvalue weighted by Gasteiger charge is 1.97. The first-order valence-electron chi connectivity index (χ1n) is 6.50. The summed E-state index contributed by atoms with van der Waals surface area (Å²) in [5.74, 6) is 0.948. The van der Waals surface area contributed by atoms with E-state index in [0.29, 0.717) is 6.61 Å². The van der Waals surface area contributed by atoms with Crippen LogP contribution in [0.3, 0.4) is 0 Å². The molecule has 19 heavy (non-hydrogen) atoms. The van der Waals surface area contributed by atoms with Crippen molar-refractivity contribution in [1.82, 2.24) is 20.5 Å². The normalized spacial score (nSPS) is 10.8. The monoisotopic (exact) mass is 260 g/mol. The van der Waals surface area contributed by atoms with Gasteiger partial charge in [-0.2, -0.15) is 5.10 Å². The topological polar surface area (TPSA) is 62.8 Å². The fraction of sp³-hybridized carbons (Fsp3) is 0.429. The highest BCUT2D eigenvalue weighted by Crippen LogP contribution is 2.06. The Morgan fingerprint density at radius 1 is 1.32 bits per heavy atom. The van der Waals surface area contributed by atoms with Gasteiger partial charge in [0.25, 0.3) is 0 Å². The van der Waals surface area contributed by atoms with E-state index >= 15 is 0 Å². The van der Waals surface area contributed by atoms with Gasteiger partial charge in [0.05, 0.1) is 6.61 Å². The minimum Gasteiger partial charge on any atom is -0.380 e. The van der Waals surface area contributed by atoms with Crippen LogP contribution in [0, 0.1) is 0 Å². The van der Waals surface area contributed by atoms with E-state index in [9.17, 15) is 0 Å². The second-order valence-electron chi connectivity index (χ2n) is 4.47. The molecular weight excluding hydrogens is 240 g/mol. The van der Waals surface area contributed by atoms with Crippen LogP contribution in [0.5, 0.6) is 0 Å². The molecule has 0 amide bonds. The van der Waals surface area contributed by atoms with Crippen LogP contribution in [0.2, 0.25) is 0 Å². The Bertz CT molecular complexity index is 470. The molecule has 0 aliphatic carbocycles. The van der Waals surface area contributed by atoms with Crippen LogP contribution >= 0.6 is 0 Å². The number of nitrogens with one attached hydrogen (secondary N) is 2. The summed E-state index contributed by atoms with van der Waals surface area (Å²) in [7, 11) is 1.72. The van der Waals surface area contributed by atoms with E-state index in [2.05, 4.69) is 44.8 Å². The number of aromatic amines is 1. The van der Waals surface area contributed by atoms with Crippen LogP contribution in [0.15, 0.2) is 30.6 Å². The Kier molecular flexibility index (Phi) is 5.52. The minimum atomic E-state index is 0.666. The zero-order valence-corrected chi connectivity index (χ0v) is 11.2. The highest BCUT2D eigenvalue weighted by atomic mass is 16.5. The van der Waals surface area contributed by atoms with E-state index < -0.39 is 0 Å². The molecule has 102 valence electrons. The van der Waals surface area contributed by atoms with Gasteiger partial charge in [-0.05, 0) is 24.1 Å². The number of methoxy groups -OCH3 is 1. The van der Waals surface area contributed by atoms with Crippen molar-refractivity contribution in [2.45, 2.75) is 26.0 Å². The number of benzene rings is 1. The maximum atomic E-state index is 5.13. The van der Waals surface area contributed by atoms with Gasteiger partial charge < -0.3 is 10.1 Å². The van der Waals surface area contributed by atoms with Gasteiger partial charge in [0, 0.05) is 20.1 Å². The van der Waals surface area contributed by atoms with Crippen LogP contribution in [-0.4, -0.2) is 28.8 Å². The van der Waals surface area contributed by atoms with Gasteiger partial charge in [-0.15, -0.1) is 0 Å². The van der Waals surface area contributed by atoms with Gasteiger partial charge in [-0.1, -0.05) is 24.3 Å². The largest absolute Gasteiger partial charge is 0.380 e. The Labute approximate surface area is 113 Å². The number of ether oxygens (including phenoxy) is 1. The Morgan fingerprint density at radius 3 is 3.00 bits per heavy atom. The number of nitrogens with zero attached hydrogens (tertiary/aromatic N) is 2. The lowest BCUT2D eigenvalue weighted by molar-refractivity contribution is 0.185. The number of H-pyrrole nitrogens is 1. The van der Waals surface area contributed by atoms with Gasteiger partial charge in [0.15, 0.2) is 0 Å². The smallest absolute Gasteiger partial charge is 0.137 e. The molecule has 0 bridgehead atoms. The molecule has 0 radical (unpaired) electrons. The zero-order valence-electron chi connectivity index (χ0n) is 11.2. The van der Waals surface area contributed by atoms with E-state index in [1.54, 1.807) is 13.4 Å². The molecule has 0 unspecified atom stereocenters. The Balaban J connectivity index is 1.66. The molecule has 0 spiro atoms. The zero-order chi connectivity index (χ0) is 13.3. The van der Waals surface area contributed by atoms with Gasteiger partial charge >= 0.3 is 0 Å². The Hall–Kier alpha value is -1.72. The quantitative estimate of drug-likeness (QED) is 0.709. The van der Waals surface area contributed by atoms with E-state index in [1.165, 1.54) is 11.1 Å². The minimum absolute atomic E-state index is 0.666. The molecular formula is C14H20N4O. The van der Waals surface area contributed by atoms with E-state index in [1.807, 2.05) is 0 Å². The Morgan fingerprint density at radius 2 is 2.21 bits per heavy atom. The molecule has 5 heteroatoms. The molecule has 1 heterocycles. The van der Waals surface area contributed by atoms with Crippen molar-refractivity contribution >= 4 is 0 Å². The summed E-state index contributed by atoms with van der Waals surface area (Å²) in [6.45, 7) is 2.52. The number of hydrogen-bond donors (Lipinski definition) is 2. The summed E-state index contributed by atoms with van der Waals surface area (Å²) >= 11 is 0. The standard InChI is InChI=1S/C14H20N4O/c1-19-10-13-5-2-4-12(8-13)9-15-7-3-6-14-16-11-17-18-14/h2,4-5,8,11,15H,3,6-7,9-10H2,1H3,(H,16,17,18). The van der Waals surface area contributed by atoms with Crippen LogP contribution in [-0.2, 0) is 24.3 Å². The van der Waals surface area contributed by atoms with Crippen molar-refractivity contribution in [3.8, 4) is 0 Å². The number of rotatable bonds is 8. The fourth-order valence-electron chi connectivity index (χ4n) is 1.96. The van der Waals surface area contributed by atoms with E-state index in [0.717, 1.165) is 31.8 Å². The average Bonchev–Trinajstić information content (AvgIpc) is 2.92. The third-order valence-corrected chi connectivity index (χ3v) is 2.86. The molecule has 1 aromatic carbocycles. The summed E-state index contributed by atoms with van der Waals surface area (Å²) < 4.78 is 5.13. The molecule has 5 nitrogen and oxygen atoms in total. The van der Waals surface area contributed by atoms with Crippen molar-refractivity contribution in [3.63, 3.8) is 0 Å². The van der Waals surface area contributed by atoms with Crippen LogP contribution in [0.4, 0.5) is 0 Å². The number of hydrogen-bond acceptors (Lipinski definition) is 4. The lowest BCUT2D eigenvalue weighted by Gasteiger charge is -2.06. The lowest BCUT2D eigenvalue weighted by Crippen LogP contribution is -2.15. The van der Waals surface area contributed by atoms with Crippen molar-refractivity contribution in [2.75, 3.05) is 13.7 Å². The summed E-state index contributed by atoms with van der Waals surface area (Å²) in [5, 5.41) is 10.1. The molecule has 2 rings (SSSR count). The lowest BCUT2D eigenvalue weighted by atomic mass is 10.1. The van der Waals surface area contributed by atoms with Gasteiger partial charge in [0.1, 0.15) is 12.2 Å². The first kappa shape index (κ1) is 13.7. The van der Waals surface area contributed by atoms with E-state index in [4.69, 9.17) is 4.74 Å². The molecule has 0 saturated heterocycles. The molecule has 2 N–H and O–H groups in total. The summed E-state index contributed by atoms with van der Waals surface area (Å²) in [6, 6.07) is 8.45. The first-order valence-corrected chi connectivity index (χ1v) is 6.50. The summed E-state index contributed by atoms with van der Waals surface area (Å²) in [5.41, 5.74) is 2.50. The van der Waals surface area contributed by atoms with Gasteiger partial charge in [-0.25, -0.2) is 4.98 Å². The molecule has 0 fully saturated rings. The number of aryl methyl sites for hydroxylation is 1. The summed E-state index contributed by atoms with van der Waals surface area (Å²) in [4.78, 5) is 4.10. The van der Waals surface area contributed by atoms with Crippen molar-refractivity contribution in [1.29, 1.82) is 0 Å². The first-order chi connectivity index (χ1) is 9.38. The molecule has 2 aromatic rings. The predicted molar refractivity (Wildman–Crippen MR) is 73.6 cm³/mol. The maximum Gasteiger partial charge on any atom is 0.137 e. The SMILES string of the molecule is COCc1cccc(CNCCCc2ncn[nH]2)c1. The number of aromatic nitrogens is 3. The third-order valence-electron chi connectivity index (χ3n) is 2.86. The maximum absolute atomic E-state index is 5.13. The van der Waals surface area contributed by atoms with Crippen LogP contribution < -0.4 is 5.32 Å². The molecule has 1 aromatic heterocycles. The highest BCUT2D eigenvalue weighted by molar-refractivity contribution is 5.22. The predicted octanol–water partition coefficient (Wildman–Crippen LogP) is 1.67. The van der Waals surface area contributed by atoms with Crippen molar-refractivity contribution < 1.29 is 4.74 Å². The fourth-order valence-corrected chi connectivity index (χ4v) is 1.96. The molecule has 0 aliphatic rings. The van der Waals surface area contributed by atoms with E-state index in [-0.39, 0.29) is 0 Å². The second-order valence-corrected chi connectivity index (χ2v) is 4.47. The second kappa shape index (κ2) is 7.66. The van der Waals surface area contributed by atoms with Crippen molar-refractivity contribution in [3.05, 3.63) is 47.5 Å². The summed E-state index contributed by atoms with van der Waals surface area (Å²) in [6.07, 6.45) is 3.52. The average molecular weight is 260 g/mol. The molecule has 0 saturated carbocycles. The van der Waals surface area contributed by atoms with Crippen molar-refractivity contribution in [2.24, 2.45) is 0 Å². The molecule has 0 atom stereocenters. The molecule has 0 aliphatic heterocycles. The van der Waals surface area contributed by atoms with Crippen LogP contribution in [0.1, 0.15) is 23.4 Å². The van der Waals surface area contributed by atoms with Gasteiger partial charge in [0.2, 0.25) is 0 Å². The van der Waals surface area contributed by atoms with Gasteiger partial charge in [-0.3, -0.25) is 5.10 Å².